The van der Waals surface area contributed by atoms with E-state index in [1.165, 1.54) is 10.9 Å². The smallest absolute Gasteiger partial charge is 0.247 e. The molecular weight excluding hydrogens is 318 g/mol. The quantitative estimate of drug-likeness (QED) is 0.334. The lowest BCUT2D eigenvalue weighted by atomic mass is 10.1. The summed E-state index contributed by atoms with van der Waals surface area (Å²) in [5.41, 5.74) is 9.18. The highest BCUT2D eigenvalue weighted by molar-refractivity contribution is 5.83. The monoisotopic (exact) mass is 337 g/mol. The molecule has 6 N–H and O–H groups in total. The summed E-state index contributed by atoms with van der Waals surface area (Å²) in [6.45, 7) is 1.51. The molecule has 3 heterocycles. The van der Waals surface area contributed by atoms with Gasteiger partial charge in [-0.25, -0.2) is 10.4 Å². The first-order valence-corrected chi connectivity index (χ1v) is 7.46. The molecule has 4 atom stereocenters. The van der Waals surface area contributed by atoms with E-state index < -0.39 is 31.1 Å². The molecule has 3 rings (SSSR count). The Hall–Kier alpha value is -2.34. The third-order valence-corrected chi connectivity index (χ3v) is 3.68. The fourth-order valence-corrected chi connectivity index (χ4v) is 2.48. The molecule has 0 aliphatic carbocycles. The number of imidazole rings is 1. The molecular formula is C13H19N7O4. The third-order valence-electron chi connectivity index (χ3n) is 3.68. The van der Waals surface area contributed by atoms with Crippen molar-refractivity contribution in [3.05, 3.63) is 6.33 Å². The van der Waals surface area contributed by atoms with Crippen LogP contribution in [0.15, 0.2) is 11.4 Å². The average molecular weight is 337 g/mol. The number of nitrogens with one attached hydrogen (secondary N) is 1. The Balaban J connectivity index is 1.98. The minimum atomic E-state index is -1.25. The van der Waals surface area contributed by atoms with Crippen LogP contribution in [-0.2, 0) is 4.74 Å². The molecule has 24 heavy (non-hydrogen) atoms. The van der Waals surface area contributed by atoms with Crippen LogP contribution in [0.3, 0.4) is 0 Å². The maximum atomic E-state index is 10.2. The zero-order valence-electron chi connectivity index (χ0n) is 12.9. The maximum absolute atomic E-state index is 10.2. The maximum Gasteiger partial charge on any atom is 0.247 e. The second-order valence-corrected chi connectivity index (χ2v) is 5.32. The fraction of sp³-hybridized carbons (Fsp3) is 0.538. The molecule has 0 radical (unpaired) electrons. The number of rotatable bonds is 5. The van der Waals surface area contributed by atoms with Gasteiger partial charge in [-0.3, -0.25) is 4.57 Å². The zero-order chi connectivity index (χ0) is 17.3. The van der Waals surface area contributed by atoms with Gasteiger partial charge in [-0.1, -0.05) is 6.92 Å². The molecule has 1 saturated heterocycles. The number of aliphatic hydroxyl groups excluding tert-OH is 3. The SMILES string of the molecule is CC/C=N/Nc1nc(N)c2ncn(C3OC(CO)C(O)C3O)c2n1. The molecule has 0 amide bonds. The Labute approximate surface area is 136 Å². The predicted molar refractivity (Wildman–Crippen MR) is 85.2 cm³/mol. The molecule has 0 saturated carbocycles. The van der Waals surface area contributed by atoms with Crippen LogP contribution in [-0.4, -0.2) is 66.0 Å². The van der Waals surface area contributed by atoms with E-state index in [0.29, 0.717) is 11.2 Å². The van der Waals surface area contributed by atoms with E-state index in [9.17, 15) is 15.3 Å². The van der Waals surface area contributed by atoms with Crippen molar-refractivity contribution in [2.24, 2.45) is 5.10 Å². The van der Waals surface area contributed by atoms with Gasteiger partial charge in [0.15, 0.2) is 17.7 Å². The van der Waals surface area contributed by atoms with Gasteiger partial charge >= 0.3 is 0 Å². The first-order chi connectivity index (χ1) is 11.6. The van der Waals surface area contributed by atoms with E-state index in [2.05, 4.69) is 25.5 Å². The van der Waals surface area contributed by atoms with Gasteiger partial charge in [0.05, 0.1) is 12.9 Å². The van der Waals surface area contributed by atoms with Gasteiger partial charge in [-0.05, 0) is 6.42 Å². The summed E-state index contributed by atoms with van der Waals surface area (Å²) in [7, 11) is 0. The normalized spacial score (nSPS) is 27.3. The number of fused-ring (bicyclic) bond motifs is 1. The average Bonchev–Trinajstić information content (AvgIpc) is 3.10. The minimum Gasteiger partial charge on any atom is -0.394 e. The lowest BCUT2D eigenvalue weighted by Crippen LogP contribution is -2.33. The van der Waals surface area contributed by atoms with Crippen LogP contribution in [0.2, 0.25) is 0 Å². The van der Waals surface area contributed by atoms with Crippen molar-refractivity contribution >= 4 is 29.1 Å². The van der Waals surface area contributed by atoms with Crippen molar-refractivity contribution < 1.29 is 20.1 Å². The summed E-state index contributed by atoms with van der Waals surface area (Å²) < 4.78 is 6.92. The first-order valence-electron chi connectivity index (χ1n) is 7.46. The molecule has 4 unspecified atom stereocenters. The Morgan fingerprint density at radius 2 is 2.21 bits per heavy atom. The number of nitrogen functional groups attached to an aromatic ring is 1. The van der Waals surface area contributed by atoms with Crippen molar-refractivity contribution in [3.8, 4) is 0 Å². The zero-order valence-corrected chi connectivity index (χ0v) is 12.9. The second-order valence-electron chi connectivity index (χ2n) is 5.32. The van der Waals surface area contributed by atoms with Crippen LogP contribution < -0.4 is 11.2 Å². The Bertz CT molecular complexity index is 749. The number of ether oxygens (including phenoxy) is 1. The van der Waals surface area contributed by atoms with Crippen LogP contribution in [0.4, 0.5) is 11.8 Å². The topological polar surface area (TPSA) is 164 Å². The molecule has 2 aromatic heterocycles. The lowest BCUT2D eigenvalue weighted by molar-refractivity contribution is -0.0511. The summed E-state index contributed by atoms with van der Waals surface area (Å²) in [5, 5.41) is 33.2. The largest absolute Gasteiger partial charge is 0.394 e. The highest BCUT2D eigenvalue weighted by Crippen LogP contribution is 2.32. The van der Waals surface area contributed by atoms with Gasteiger partial charge in [-0.15, -0.1) is 0 Å². The molecule has 1 aliphatic rings. The number of aromatic nitrogens is 4. The summed E-state index contributed by atoms with van der Waals surface area (Å²) in [6, 6.07) is 0. The summed E-state index contributed by atoms with van der Waals surface area (Å²) in [4.78, 5) is 12.4. The van der Waals surface area contributed by atoms with E-state index >= 15 is 0 Å². The number of anilines is 2. The molecule has 0 bridgehead atoms. The van der Waals surface area contributed by atoms with E-state index in [4.69, 9.17) is 10.5 Å². The van der Waals surface area contributed by atoms with Gasteiger partial charge < -0.3 is 25.8 Å². The first kappa shape index (κ1) is 16.5. The van der Waals surface area contributed by atoms with Gasteiger partial charge in [0.1, 0.15) is 23.8 Å². The Morgan fingerprint density at radius 3 is 2.88 bits per heavy atom. The molecule has 11 heteroatoms. The molecule has 11 nitrogen and oxygen atoms in total. The molecule has 2 aromatic rings. The molecule has 0 spiro atoms. The Kier molecular flexibility index (Phi) is 4.57. The number of hydrogen-bond donors (Lipinski definition) is 5. The summed E-state index contributed by atoms with van der Waals surface area (Å²) in [6.07, 6.45) is -0.543. The van der Waals surface area contributed by atoms with Gasteiger partial charge in [0.25, 0.3) is 0 Å². The highest BCUT2D eigenvalue weighted by Gasteiger charge is 2.44. The van der Waals surface area contributed by atoms with Crippen molar-refractivity contribution in [2.45, 2.75) is 37.9 Å². The molecule has 130 valence electrons. The minimum absolute atomic E-state index is 0.139. The number of nitrogens with two attached hydrogens (primary N) is 1. The standard InChI is InChI=1S/C13H19N7O4/c1-2-3-16-19-13-17-10(14)7-11(18-13)20(5-15-7)12-9(23)8(22)6(4-21)24-12/h3,5-6,8-9,12,21-23H,2,4H2,1H3,(H3,14,17,18,19)/b16-3+. The number of hydrazone groups is 1. The number of aliphatic hydroxyl groups is 3. The highest BCUT2D eigenvalue weighted by atomic mass is 16.6. The van der Waals surface area contributed by atoms with Crippen molar-refractivity contribution in [1.29, 1.82) is 0 Å². The van der Waals surface area contributed by atoms with Crippen molar-refractivity contribution in [3.63, 3.8) is 0 Å². The third kappa shape index (κ3) is 2.78. The van der Waals surface area contributed by atoms with Gasteiger partial charge in [0, 0.05) is 6.21 Å². The van der Waals surface area contributed by atoms with Crippen molar-refractivity contribution in [1.82, 2.24) is 19.5 Å². The van der Waals surface area contributed by atoms with Crippen LogP contribution >= 0.6 is 0 Å². The number of nitrogens with zero attached hydrogens (tertiary/aromatic N) is 5. The molecule has 1 fully saturated rings. The van der Waals surface area contributed by atoms with Crippen molar-refractivity contribution in [2.75, 3.05) is 17.8 Å². The van der Waals surface area contributed by atoms with Crippen LogP contribution in [0.25, 0.3) is 11.2 Å². The predicted octanol–water partition coefficient (Wildman–Crippen LogP) is -1.17. The summed E-state index contributed by atoms with van der Waals surface area (Å²) >= 11 is 0. The van der Waals surface area contributed by atoms with E-state index in [1.807, 2.05) is 6.92 Å². The van der Waals surface area contributed by atoms with Gasteiger partial charge in [-0.2, -0.15) is 15.1 Å². The number of hydrogen-bond acceptors (Lipinski definition) is 10. The van der Waals surface area contributed by atoms with Crippen LogP contribution in [0.5, 0.6) is 0 Å². The second kappa shape index (κ2) is 6.65. The van der Waals surface area contributed by atoms with E-state index in [0.717, 1.165) is 6.42 Å². The molecule has 0 aromatic carbocycles. The fourth-order valence-electron chi connectivity index (χ4n) is 2.48. The lowest BCUT2D eigenvalue weighted by Gasteiger charge is -2.16. The van der Waals surface area contributed by atoms with E-state index in [1.54, 1.807) is 6.21 Å². The van der Waals surface area contributed by atoms with Crippen LogP contribution in [0, 0.1) is 0 Å². The summed E-state index contributed by atoms with van der Waals surface area (Å²) in [5.74, 6) is 0.304. The van der Waals surface area contributed by atoms with Crippen LogP contribution in [0.1, 0.15) is 19.6 Å². The molecule has 1 aliphatic heterocycles. The Morgan fingerprint density at radius 1 is 1.42 bits per heavy atom. The van der Waals surface area contributed by atoms with E-state index in [-0.39, 0.29) is 11.8 Å². The van der Waals surface area contributed by atoms with Gasteiger partial charge in [0.2, 0.25) is 5.95 Å².